The van der Waals surface area contributed by atoms with Crippen LogP contribution in [-0.4, -0.2) is 50.4 Å². The zero-order valence-corrected chi connectivity index (χ0v) is 17.7. The van der Waals surface area contributed by atoms with Crippen LogP contribution in [0.3, 0.4) is 0 Å². The molecule has 0 radical (unpaired) electrons. The van der Waals surface area contributed by atoms with E-state index >= 15 is 0 Å². The number of nitrogens with zero attached hydrogens (tertiary/aromatic N) is 4. The van der Waals surface area contributed by atoms with E-state index in [1.165, 1.54) is 19.3 Å². The normalized spacial score (nSPS) is 17.1. The van der Waals surface area contributed by atoms with Crippen LogP contribution in [0.25, 0.3) is 10.9 Å². The zero-order chi connectivity index (χ0) is 20.5. The molecule has 5 rings (SSSR count). The van der Waals surface area contributed by atoms with E-state index in [4.69, 9.17) is 19.4 Å². The van der Waals surface area contributed by atoms with Crippen LogP contribution in [0.15, 0.2) is 42.5 Å². The molecule has 6 nitrogen and oxygen atoms in total. The molecule has 3 aromatic rings. The number of methoxy groups -OCH3 is 2. The van der Waals surface area contributed by atoms with Crippen molar-refractivity contribution in [1.82, 2.24) is 9.97 Å². The van der Waals surface area contributed by atoms with E-state index < -0.39 is 0 Å². The molecule has 1 saturated carbocycles. The third kappa shape index (κ3) is 3.40. The first-order valence-electron chi connectivity index (χ1n) is 10.8. The van der Waals surface area contributed by atoms with Gasteiger partial charge in [-0.2, -0.15) is 0 Å². The third-order valence-corrected chi connectivity index (χ3v) is 6.38. The number of hydrogen-bond acceptors (Lipinski definition) is 6. The molecule has 0 atom stereocenters. The summed E-state index contributed by atoms with van der Waals surface area (Å²) in [6, 6.07) is 14.4. The molecule has 30 heavy (non-hydrogen) atoms. The Morgan fingerprint density at radius 2 is 1.63 bits per heavy atom. The summed E-state index contributed by atoms with van der Waals surface area (Å²) in [6.07, 6.45) is 3.67. The average molecular weight is 405 g/mol. The maximum atomic E-state index is 5.56. The molecule has 0 N–H and O–H groups in total. The first-order valence-corrected chi connectivity index (χ1v) is 10.8. The monoisotopic (exact) mass is 404 g/mol. The lowest BCUT2D eigenvalue weighted by Crippen LogP contribution is -2.47. The number of ether oxygens (including phenoxy) is 2. The van der Waals surface area contributed by atoms with Crippen LogP contribution in [-0.2, 0) is 0 Å². The number of rotatable bonds is 5. The fourth-order valence-corrected chi connectivity index (χ4v) is 4.38. The molecule has 1 aromatic heterocycles. The summed E-state index contributed by atoms with van der Waals surface area (Å²) in [4.78, 5) is 14.8. The van der Waals surface area contributed by atoms with Gasteiger partial charge in [-0.1, -0.05) is 18.6 Å². The average Bonchev–Trinajstić information content (AvgIpc) is 2.77. The van der Waals surface area contributed by atoms with Gasteiger partial charge in [-0.05, 0) is 43.2 Å². The first kappa shape index (κ1) is 19.0. The van der Waals surface area contributed by atoms with Crippen molar-refractivity contribution >= 4 is 22.4 Å². The topological polar surface area (TPSA) is 50.7 Å². The fraction of sp³-hybridized carbons (Fsp3) is 0.417. The Balaban J connectivity index is 1.45. The van der Waals surface area contributed by atoms with Gasteiger partial charge in [0.2, 0.25) is 0 Å². The Morgan fingerprint density at radius 3 is 2.33 bits per heavy atom. The van der Waals surface area contributed by atoms with Gasteiger partial charge >= 0.3 is 0 Å². The molecule has 0 spiro atoms. The highest BCUT2D eigenvalue weighted by Gasteiger charge is 2.27. The number of anilines is 2. The van der Waals surface area contributed by atoms with Crippen LogP contribution >= 0.6 is 0 Å². The summed E-state index contributed by atoms with van der Waals surface area (Å²) < 4.78 is 11.0. The van der Waals surface area contributed by atoms with E-state index in [1.807, 2.05) is 18.2 Å². The number of fused-ring (bicyclic) bond motifs is 1. The van der Waals surface area contributed by atoms with Gasteiger partial charge in [0.25, 0.3) is 0 Å². The van der Waals surface area contributed by atoms with Crippen LogP contribution in [0.4, 0.5) is 11.5 Å². The molecule has 1 aliphatic heterocycles. The van der Waals surface area contributed by atoms with E-state index in [0.717, 1.165) is 65.9 Å². The molecular weight excluding hydrogens is 376 g/mol. The number of para-hydroxylation sites is 2. The Hall–Kier alpha value is -3.02. The number of benzene rings is 2. The summed E-state index contributed by atoms with van der Waals surface area (Å²) in [5.41, 5.74) is 2.17. The molecule has 2 fully saturated rings. The van der Waals surface area contributed by atoms with Crippen LogP contribution in [0.2, 0.25) is 0 Å². The minimum Gasteiger partial charge on any atom is -0.497 e. The summed E-state index contributed by atoms with van der Waals surface area (Å²) in [5.74, 6) is 4.32. The van der Waals surface area contributed by atoms with E-state index in [2.05, 4.69) is 34.1 Å². The predicted molar refractivity (Wildman–Crippen MR) is 120 cm³/mol. The second-order valence-electron chi connectivity index (χ2n) is 8.06. The molecule has 2 heterocycles. The molecule has 0 unspecified atom stereocenters. The number of aromatic nitrogens is 2. The Kier molecular flexibility index (Phi) is 5.07. The minimum absolute atomic E-state index is 0.505. The molecule has 2 aromatic carbocycles. The SMILES string of the molecule is COc1ccc2nc(C3CCC3)nc(N3CCN(c4ccccc4OC)CC3)c2c1. The van der Waals surface area contributed by atoms with Crippen molar-refractivity contribution in [3.63, 3.8) is 0 Å². The fourth-order valence-electron chi connectivity index (χ4n) is 4.38. The Labute approximate surface area is 177 Å². The van der Waals surface area contributed by atoms with Crippen LogP contribution < -0.4 is 19.3 Å². The van der Waals surface area contributed by atoms with Gasteiger partial charge in [-0.3, -0.25) is 0 Å². The zero-order valence-electron chi connectivity index (χ0n) is 17.7. The van der Waals surface area contributed by atoms with Crippen molar-refractivity contribution in [1.29, 1.82) is 0 Å². The summed E-state index contributed by atoms with van der Waals surface area (Å²) >= 11 is 0. The number of hydrogen-bond donors (Lipinski definition) is 0. The molecule has 0 amide bonds. The van der Waals surface area contributed by atoms with Gasteiger partial charge in [-0.25, -0.2) is 9.97 Å². The largest absolute Gasteiger partial charge is 0.497 e. The van der Waals surface area contributed by atoms with E-state index in [1.54, 1.807) is 14.2 Å². The highest BCUT2D eigenvalue weighted by molar-refractivity contribution is 5.91. The lowest BCUT2D eigenvalue weighted by molar-refractivity contribution is 0.402. The van der Waals surface area contributed by atoms with Crippen molar-refractivity contribution in [2.45, 2.75) is 25.2 Å². The predicted octanol–water partition coefficient (Wildman–Crippen LogP) is 4.24. The molecule has 6 heteroatoms. The van der Waals surface area contributed by atoms with Gasteiger partial charge in [0, 0.05) is 37.5 Å². The third-order valence-electron chi connectivity index (χ3n) is 6.38. The van der Waals surface area contributed by atoms with Crippen molar-refractivity contribution in [3.05, 3.63) is 48.3 Å². The first-order chi connectivity index (χ1) is 14.8. The minimum atomic E-state index is 0.505. The van der Waals surface area contributed by atoms with E-state index in [-0.39, 0.29) is 0 Å². The van der Waals surface area contributed by atoms with Crippen LogP contribution in [0.1, 0.15) is 31.0 Å². The Morgan fingerprint density at radius 1 is 0.867 bits per heavy atom. The maximum Gasteiger partial charge on any atom is 0.142 e. The second-order valence-corrected chi connectivity index (χ2v) is 8.06. The lowest BCUT2D eigenvalue weighted by Gasteiger charge is -2.38. The molecule has 1 saturated heterocycles. The molecule has 2 aliphatic rings. The van der Waals surface area contributed by atoms with Gasteiger partial charge in [0.15, 0.2) is 0 Å². The van der Waals surface area contributed by atoms with Gasteiger partial charge in [0.05, 0.1) is 25.4 Å². The van der Waals surface area contributed by atoms with Crippen molar-refractivity contribution in [2.75, 3.05) is 50.2 Å². The molecule has 0 bridgehead atoms. The summed E-state index contributed by atoms with van der Waals surface area (Å²) in [5, 5.41) is 1.07. The van der Waals surface area contributed by atoms with Crippen molar-refractivity contribution in [2.24, 2.45) is 0 Å². The van der Waals surface area contributed by atoms with E-state index in [0.29, 0.717) is 5.92 Å². The highest BCUT2D eigenvalue weighted by Crippen LogP contribution is 2.38. The highest BCUT2D eigenvalue weighted by atomic mass is 16.5. The lowest BCUT2D eigenvalue weighted by atomic mass is 9.85. The van der Waals surface area contributed by atoms with Crippen molar-refractivity contribution < 1.29 is 9.47 Å². The quantitative estimate of drug-likeness (QED) is 0.634. The molecule has 1 aliphatic carbocycles. The Bertz CT molecular complexity index is 1040. The van der Waals surface area contributed by atoms with Crippen LogP contribution in [0.5, 0.6) is 11.5 Å². The van der Waals surface area contributed by atoms with Gasteiger partial charge < -0.3 is 19.3 Å². The van der Waals surface area contributed by atoms with E-state index in [9.17, 15) is 0 Å². The molecule has 156 valence electrons. The summed E-state index contributed by atoms with van der Waals surface area (Å²) in [6.45, 7) is 3.67. The van der Waals surface area contributed by atoms with Crippen molar-refractivity contribution in [3.8, 4) is 11.5 Å². The van der Waals surface area contributed by atoms with Gasteiger partial charge in [0.1, 0.15) is 23.1 Å². The van der Waals surface area contributed by atoms with Gasteiger partial charge in [-0.15, -0.1) is 0 Å². The molecular formula is C24H28N4O2. The maximum absolute atomic E-state index is 5.56. The summed E-state index contributed by atoms with van der Waals surface area (Å²) in [7, 11) is 3.44. The standard InChI is InChI=1S/C24H28N4O2/c1-29-18-10-11-20-19(16-18)24(26-23(25-20)17-6-5-7-17)28-14-12-27(13-15-28)21-8-3-4-9-22(21)30-2/h3-4,8-11,16-17H,5-7,12-15H2,1-2H3. The van der Waals surface area contributed by atoms with Crippen LogP contribution in [0, 0.1) is 0 Å². The smallest absolute Gasteiger partial charge is 0.142 e. The second kappa shape index (κ2) is 8.01. The number of piperazine rings is 1.